The minimum absolute atomic E-state index is 0.250. The molecule has 5 nitrogen and oxygen atoms in total. The van der Waals surface area contributed by atoms with Crippen molar-refractivity contribution < 1.29 is 19.1 Å². The van der Waals surface area contributed by atoms with Crippen LogP contribution in [0.25, 0.3) is 11.0 Å². The van der Waals surface area contributed by atoms with E-state index in [9.17, 15) is 9.59 Å². The number of halogens is 2. The van der Waals surface area contributed by atoms with Crippen molar-refractivity contribution in [2.45, 2.75) is 13.3 Å². The third-order valence-electron chi connectivity index (χ3n) is 4.04. The standard InChI is InChI=1S/C19H14Cl2O5/c1-10-12-6-5-11(25-9-18(22)23)7-17(12)26-19(24)13(10)8-14-15(20)3-2-4-16(14)21/h2-7H,8-9H2,1H3,(H,22,23). The first-order valence-electron chi connectivity index (χ1n) is 7.70. The highest BCUT2D eigenvalue weighted by Gasteiger charge is 2.16. The molecule has 3 aromatic rings. The predicted molar refractivity (Wildman–Crippen MR) is 99.6 cm³/mol. The molecule has 1 aromatic heterocycles. The van der Waals surface area contributed by atoms with E-state index in [-0.39, 0.29) is 6.42 Å². The number of aryl methyl sites for hydroxylation is 1. The van der Waals surface area contributed by atoms with E-state index < -0.39 is 18.2 Å². The number of rotatable bonds is 5. The van der Waals surface area contributed by atoms with E-state index in [0.717, 1.165) is 10.9 Å². The van der Waals surface area contributed by atoms with Gasteiger partial charge in [-0.15, -0.1) is 0 Å². The maximum Gasteiger partial charge on any atom is 0.341 e. The molecule has 0 aliphatic heterocycles. The van der Waals surface area contributed by atoms with Gasteiger partial charge in [-0.3, -0.25) is 0 Å². The summed E-state index contributed by atoms with van der Waals surface area (Å²) in [5.41, 5.74) is 1.70. The molecule has 0 aliphatic rings. The van der Waals surface area contributed by atoms with E-state index in [1.807, 2.05) is 6.92 Å². The van der Waals surface area contributed by atoms with Crippen LogP contribution >= 0.6 is 23.2 Å². The van der Waals surface area contributed by atoms with Gasteiger partial charge < -0.3 is 14.3 Å². The lowest BCUT2D eigenvalue weighted by Gasteiger charge is -2.11. The highest BCUT2D eigenvalue weighted by atomic mass is 35.5. The number of carboxylic acid groups (broad SMARTS) is 1. The van der Waals surface area contributed by atoms with Crippen molar-refractivity contribution in [2.75, 3.05) is 6.61 Å². The maximum absolute atomic E-state index is 12.5. The Morgan fingerprint density at radius 1 is 1.15 bits per heavy atom. The molecule has 1 heterocycles. The van der Waals surface area contributed by atoms with Crippen molar-refractivity contribution in [1.29, 1.82) is 0 Å². The van der Waals surface area contributed by atoms with E-state index in [2.05, 4.69) is 0 Å². The summed E-state index contributed by atoms with van der Waals surface area (Å²) in [6, 6.07) is 10.0. The Balaban J connectivity index is 2.04. The van der Waals surface area contributed by atoms with E-state index in [0.29, 0.717) is 32.5 Å². The number of hydrogen-bond acceptors (Lipinski definition) is 4. The molecule has 0 saturated heterocycles. The van der Waals surface area contributed by atoms with Gasteiger partial charge in [0.05, 0.1) is 0 Å². The fourth-order valence-corrected chi connectivity index (χ4v) is 3.22. The van der Waals surface area contributed by atoms with E-state index in [1.54, 1.807) is 30.3 Å². The van der Waals surface area contributed by atoms with Crippen LogP contribution in [0.15, 0.2) is 45.6 Å². The average Bonchev–Trinajstić information content (AvgIpc) is 2.58. The van der Waals surface area contributed by atoms with Crippen molar-refractivity contribution in [3.63, 3.8) is 0 Å². The molecule has 0 radical (unpaired) electrons. The van der Waals surface area contributed by atoms with Crippen LogP contribution in [0.1, 0.15) is 16.7 Å². The van der Waals surface area contributed by atoms with Crippen molar-refractivity contribution in [1.82, 2.24) is 0 Å². The smallest absolute Gasteiger partial charge is 0.341 e. The highest BCUT2D eigenvalue weighted by Crippen LogP contribution is 2.29. The SMILES string of the molecule is Cc1c(Cc2c(Cl)cccc2Cl)c(=O)oc2cc(OCC(=O)O)ccc12. The lowest BCUT2D eigenvalue weighted by atomic mass is 9.99. The van der Waals surface area contributed by atoms with Gasteiger partial charge in [-0.25, -0.2) is 9.59 Å². The van der Waals surface area contributed by atoms with E-state index >= 15 is 0 Å². The summed E-state index contributed by atoms with van der Waals surface area (Å²) in [7, 11) is 0. The number of ether oxygens (including phenoxy) is 1. The summed E-state index contributed by atoms with van der Waals surface area (Å²) in [6.45, 7) is 1.34. The largest absolute Gasteiger partial charge is 0.482 e. The Morgan fingerprint density at radius 3 is 2.50 bits per heavy atom. The molecule has 0 amide bonds. The quantitative estimate of drug-likeness (QED) is 0.648. The Kier molecular flexibility index (Phi) is 5.20. The second-order valence-electron chi connectivity index (χ2n) is 5.71. The molecular weight excluding hydrogens is 379 g/mol. The van der Waals surface area contributed by atoms with Gasteiger partial charge in [0.1, 0.15) is 11.3 Å². The Morgan fingerprint density at radius 2 is 1.85 bits per heavy atom. The second kappa shape index (κ2) is 7.40. The molecule has 0 unspecified atom stereocenters. The van der Waals surface area contributed by atoms with Gasteiger partial charge in [-0.2, -0.15) is 0 Å². The van der Waals surface area contributed by atoms with Gasteiger partial charge in [0, 0.05) is 33.5 Å². The number of hydrogen-bond donors (Lipinski definition) is 1. The summed E-state index contributed by atoms with van der Waals surface area (Å²) in [6.07, 6.45) is 0.250. The molecule has 26 heavy (non-hydrogen) atoms. The molecule has 1 N–H and O–H groups in total. The zero-order chi connectivity index (χ0) is 18.8. The van der Waals surface area contributed by atoms with Gasteiger partial charge in [0.2, 0.25) is 0 Å². The molecule has 0 aliphatic carbocycles. The van der Waals surface area contributed by atoms with Crippen molar-refractivity contribution in [3.8, 4) is 5.75 Å². The Hall–Kier alpha value is -2.50. The number of carbonyl (C=O) groups is 1. The Labute approximate surface area is 158 Å². The predicted octanol–water partition coefficient (Wildman–Crippen LogP) is 4.46. The fourth-order valence-electron chi connectivity index (χ4n) is 2.69. The lowest BCUT2D eigenvalue weighted by Crippen LogP contribution is -2.12. The van der Waals surface area contributed by atoms with Gasteiger partial charge in [0.25, 0.3) is 0 Å². The normalized spacial score (nSPS) is 10.9. The first-order valence-corrected chi connectivity index (χ1v) is 8.46. The van der Waals surface area contributed by atoms with E-state index in [1.165, 1.54) is 6.07 Å². The first kappa shape index (κ1) is 18.3. The van der Waals surface area contributed by atoms with Crippen LogP contribution in [-0.4, -0.2) is 17.7 Å². The summed E-state index contributed by atoms with van der Waals surface area (Å²) < 4.78 is 10.5. The fraction of sp³-hybridized carbons (Fsp3) is 0.158. The first-order chi connectivity index (χ1) is 12.4. The molecule has 0 atom stereocenters. The van der Waals surface area contributed by atoms with Gasteiger partial charge in [-0.05, 0) is 42.3 Å². The summed E-state index contributed by atoms with van der Waals surface area (Å²) >= 11 is 12.4. The molecule has 3 rings (SSSR count). The summed E-state index contributed by atoms with van der Waals surface area (Å²) in [5, 5.41) is 10.4. The number of benzene rings is 2. The number of aliphatic carboxylic acids is 1. The van der Waals surface area contributed by atoms with Crippen molar-refractivity contribution >= 4 is 40.1 Å². The van der Waals surface area contributed by atoms with Crippen LogP contribution in [-0.2, 0) is 11.2 Å². The number of carboxylic acids is 1. The van der Waals surface area contributed by atoms with Crippen LogP contribution < -0.4 is 10.4 Å². The number of fused-ring (bicyclic) bond motifs is 1. The van der Waals surface area contributed by atoms with Crippen LogP contribution in [0.3, 0.4) is 0 Å². The summed E-state index contributed by atoms with van der Waals surface area (Å²) in [4.78, 5) is 23.1. The molecule has 0 saturated carbocycles. The van der Waals surface area contributed by atoms with Crippen LogP contribution in [0.5, 0.6) is 5.75 Å². The maximum atomic E-state index is 12.5. The van der Waals surface area contributed by atoms with E-state index in [4.69, 9.17) is 37.5 Å². The van der Waals surface area contributed by atoms with Gasteiger partial charge >= 0.3 is 11.6 Å². The molecule has 0 spiro atoms. The minimum atomic E-state index is -1.09. The monoisotopic (exact) mass is 392 g/mol. The van der Waals surface area contributed by atoms with Gasteiger partial charge in [-0.1, -0.05) is 29.3 Å². The minimum Gasteiger partial charge on any atom is -0.482 e. The zero-order valence-electron chi connectivity index (χ0n) is 13.7. The summed E-state index contributed by atoms with van der Waals surface area (Å²) in [5.74, 6) is -0.779. The van der Waals surface area contributed by atoms with Gasteiger partial charge in [0.15, 0.2) is 6.61 Å². The topological polar surface area (TPSA) is 76.7 Å². The van der Waals surface area contributed by atoms with Crippen molar-refractivity contribution in [2.24, 2.45) is 0 Å². The zero-order valence-corrected chi connectivity index (χ0v) is 15.2. The molecule has 2 aromatic carbocycles. The third-order valence-corrected chi connectivity index (χ3v) is 4.74. The molecule has 7 heteroatoms. The van der Waals surface area contributed by atoms with Crippen molar-refractivity contribution in [3.05, 3.63) is 73.6 Å². The van der Waals surface area contributed by atoms with Crippen LogP contribution in [0.4, 0.5) is 0 Å². The highest BCUT2D eigenvalue weighted by molar-refractivity contribution is 6.36. The average molecular weight is 393 g/mol. The van der Waals surface area contributed by atoms with Crippen LogP contribution in [0.2, 0.25) is 10.0 Å². The molecule has 0 fully saturated rings. The second-order valence-corrected chi connectivity index (χ2v) is 6.52. The third kappa shape index (κ3) is 3.69. The lowest BCUT2D eigenvalue weighted by molar-refractivity contribution is -0.139. The molecule has 134 valence electrons. The Bertz CT molecular complexity index is 1040. The molecular formula is C19H14Cl2O5. The molecule has 0 bridgehead atoms. The van der Waals surface area contributed by atoms with Crippen LogP contribution in [0, 0.1) is 6.92 Å².